The van der Waals surface area contributed by atoms with Gasteiger partial charge in [-0.2, -0.15) is 0 Å². The van der Waals surface area contributed by atoms with Crippen molar-refractivity contribution < 1.29 is 9.90 Å². The molecule has 0 aliphatic carbocycles. The van der Waals surface area contributed by atoms with Crippen molar-refractivity contribution in [3.63, 3.8) is 0 Å². The maximum atomic E-state index is 11.5. The van der Waals surface area contributed by atoms with E-state index in [1.54, 1.807) is 23.9 Å². The molecule has 6 heteroatoms. The van der Waals surface area contributed by atoms with Crippen LogP contribution in [0.5, 0.6) is 5.75 Å². The Balaban J connectivity index is 2.04. The first-order valence-corrected chi connectivity index (χ1v) is 7.06. The maximum Gasteiger partial charge on any atom is 0.275 e. The molecule has 1 heterocycles. The topological polar surface area (TPSA) is 75.3 Å². The summed E-state index contributed by atoms with van der Waals surface area (Å²) >= 11 is 2.98. The maximum absolute atomic E-state index is 11.5. The molecule has 1 amide bonds. The fourth-order valence-electron chi connectivity index (χ4n) is 1.42. The van der Waals surface area contributed by atoms with Gasteiger partial charge in [-0.05, 0) is 41.3 Å². The van der Waals surface area contributed by atoms with E-state index in [0.717, 1.165) is 10.5 Å². The molecule has 2 rings (SSSR count). The Labute approximate surface area is 113 Å². The predicted octanol–water partition coefficient (Wildman–Crippen LogP) is 2.35. The molecule has 0 aliphatic heterocycles. The Morgan fingerprint density at radius 3 is 2.72 bits per heavy atom. The van der Waals surface area contributed by atoms with E-state index in [1.807, 2.05) is 23.6 Å². The molecule has 1 aromatic carbocycles. The molecule has 0 atom stereocenters. The highest BCUT2D eigenvalue weighted by Crippen LogP contribution is 2.27. The number of nitrogens with one attached hydrogen (secondary N) is 1. The lowest BCUT2D eigenvalue weighted by Crippen LogP contribution is -2.29. The number of nitrogen functional groups attached to an aromatic ring is 1. The Bertz CT molecular complexity index is 537. The van der Waals surface area contributed by atoms with E-state index >= 15 is 0 Å². The van der Waals surface area contributed by atoms with Gasteiger partial charge >= 0.3 is 0 Å². The van der Waals surface area contributed by atoms with Crippen molar-refractivity contribution in [1.82, 2.24) is 5.43 Å². The molecule has 4 N–H and O–H groups in total. The number of aromatic hydroxyl groups is 1. The summed E-state index contributed by atoms with van der Waals surface area (Å²) in [5, 5.41) is 11.1. The first-order valence-electron chi connectivity index (χ1n) is 5.20. The van der Waals surface area contributed by atoms with Crippen molar-refractivity contribution in [3.05, 3.63) is 46.2 Å². The van der Waals surface area contributed by atoms with Gasteiger partial charge in [0.2, 0.25) is 0 Å². The summed E-state index contributed by atoms with van der Waals surface area (Å²) in [4.78, 5) is 13.2. The van der Waals surface area contributed by atoms with Crippen molar-refractivity contribution in [2.24, 2.45) is 5.84 Å². The smallest absolute Gasteiger partial charge is 0.275 e. The van der Waals surface area contributed by atoms with Gasteiger partial charge in [0.05, 0.1) is 4.88 Å². The van der Waals surface area contributed by atoms with Crippen LogP contribution < -0.4 is 11.3 Å². The molecule has 0 aliphatic rings. The highest BCUT2D eigenvalue weighted by atomic mass is 32.2. The van der Waals surface area contributed by atoms with Crippen LogP contribution in [0, 0.1) is 0 Å². The van der Waals surface area contributed by atoms with E-state index in [2.05, 4.69) is 5.43 Å². The van der Waals surface area contributed by atoms with Crippen molar-refractivity contribution in [2.75, 3.05) is 0 Å². The van der Waals surface area contributed by atoms with Gasteiger partial charge in [-0.3, -0.25) is 10.2 Å². The van der Waals surface area contributed by atoms with Crippen LogP contribution in [-0.2, 0) is 5.75 Å². The van der Waals surface area contributed by atoms with Gasteiger partial charge in [-0.1, -0.05) is 0 Å². The predicted molar refractivity (Wildman–Crippen MR) is 73.6 cm³/mol. The minimum Gasteiger partial charge on any atom is -0.508 e. The van der Waals surface area contributed by atoms with Crippen molar-refractivity contribution in [1.29, 1.82) is 0 Å². The second kappa shape index (κ2) is 5.90. The number of carbonyl (C=O) groups excluding carboxylic acids is 1. The molecular formula is C12H12N2O2S2. The molecule has 18 heavy (non-hydrogen) atoms. The summed E-state index contributed by atoms with van der Waals surface area (Å²) in [7, 11) is 0. The Kier molecular flexibility index (Phi) is 4.24. The van der Waals surface area contributed by atoms with E-state index in [1.165, 1.54) is 11.3 Å². The Morgan fingerprint density at radius 1 is 1.33 bits per heavy atom. The number of amides is 1. The van der Waals surface area contributed by atoms with E-state index < -0.39 is 0 Å². The van der Waals surface area contributed by atoms with Crippen molar-refractivity contribution in [3.8, 4) is 5.75 Å². The van der Waals surface area contributed by atoms with Gasteiger partial charge in [0, 0.05) is 10.6 Å². The second-order valence-electron chi connectivity index (χ2n) is 3.53. The van der Waals surface area contributed by atoms with Crippen LogP contribution in [0.25, 0.3) is 0 Å². The highest BCUT2D eigenvalue weighted by Gasteiger charge is 2.11. The molecule has 0 radical (unpaired) electrons. The third-order valence-corrected chi connectivity index (χ3v) is 4.33. The molecule has 0 saturated carbocycles. The lowest BCUT2D eigenvalue weighted by Gasteiger charge is -2.03. The third-order valence-electron chi connectivity index (χ3n) is 2.32. The molecule has 0 bridgehead atoms. The lowest BCUT2D eigenvalue weighted by molar-refractivity contribution is 0.0957. The molecule has 0 unspecified atom stereocenters. The summed E-state index contributed by atoms with van der Waals surface area (Å²) in [6.45, 7) is 0. The fraction of sp³-hybridized carbons (Fsp3) is 0.0833. The number of nitrogens with two attached hydrogens (primary N) is 1. The number of carbonyl (C=O) groups is 1. The molecule has 0 saturated heterocycles. The number of thiophene rings is 1. The molecule has 4 nitrogen and oxygen atoms in total. The van der Waals surface area contributed by atoms with Gasteiger partial charge in [0.1, 0.15) is 5.75 Å². The minimum atomic E-state index is -0.258. The van der Waals surface area contributed by atoms with E-state index in [4.69, 9.17) is 5.84 Å². The standard InChI is InChI=1S/C12H12N2O2S2/c13-14-12(16)11-8(5-6-17-11)7-18-10-3-1-9(15)2-4-10/h1-6,15H,7,13H2,(H,14,16). The number of hydrogen-bond acceptors (Lipinski definition) is 5. The minimum absolute atomic E-state index is 0.248. The van der Waals surface area contributed by atoms with E-state index in [0.29, 0.717) is 10.6 Å². The largest absolute Gasteiger partial charge is 0.508 e. The molecule has 2 aromatic rings. The zero-order chi connectivity index (χ0) is 13.0. The summed E-state index contributed by atoms with van der Waals surface area (Å²) in [5.41, 5.74) is 3.10. The number of phenols is 1. The number of benzene rings is 1. The summed E-state index contributed by atoms with van der Waals surface area (Å²) in [6, 6.07) is 8.89. The molecule has 0 spiro atoms. The monoisotopic (exact) mass is 280 g/mol. The first kappa shape index (κ1) is 12.9. The molecule has 94 valence electrons. The highest BCUT2D eigenvalue weighted by molar-refractivity contribution is 7.98. The van der Waals surface area contributed by atoms with Gasteiger partial charge in [-0.25, -0.2) is 5.84 Å². The molecule has 0 fully saturated rings. The number of thioether (sulfide) groups is 1. The van der Waals surface area contributed by atoms with E-state index in [9.17, 15) is 9.90 Å². The number of phenolic OH excluding ortho intramolecular Hbond substituents is 1. The Morgan fingerprint density at radius 2 is 2.06 bits per heavy atom. The van der Waals surface area contributed by atoms with Crippen LogP contribution in [0.2, 0.25) is 0 Å². The van der Waals surface area contributed by atoms with Crippen LogP contribution in [0.3, 0.4) is 0 Å². The summed E-state index contributed by atoms with van der Waals surface area (Å²) < 4.78 is 0. The van der Waals surface area contributed by atoms with Crippen LogP contribution in [0.1, 0.15) is 15.2 Å². The lowest BCUT2D eigenvalue weighted by atomic mass is 10.3. The number of hydrazine groups is 1. The van der Waals surface area contributed by atoms with Gasteiger partial charge in [-0.15, -0.1) is 23.1 Å². The average Bonchev–Trinajstić information content (AvgIpc) is 2.85. The van der Waals surface area contributed by atoms with Crippen molar-refractivity contribution >= 4 is 29.0 Å². The first-order chi connectivity index (χ1) is 8.70. The van der Waals surface area contributed by atoms with E-state index in [-0.39, 0.29) is 11.7 Å². The SMILES string of the molecule is NNC(=O)c1sccc1CSc1ccc(O)cc1. The van der Waals surface area contributed by atoms with Gasteiger partial charge in [0.25, 0.3) is 5.91 Å². The zero-order valence-corrected chi connectivity index (χ0v) is 11.1. The zero-order valence-electron chi connectivity index (χ0n) is 9.42. The quantitative estimate of drug-likeness (QED) is 0.348. The van der Waals surface area contributed by atoms with Crippen LogP contribution >= 0.6 is 23.1 Å². The van der Waals surface area contributed by atoms with Crippen LogP contribution in [0.4, 0.5) is 0 Å². The Hall–Kier alpha value is -1.50. The van der Waals surface area contributed by atoms with Gasteiger partial charge < -0.3 is 5.11 Å². The molecular weight excluding hydrogens is 268 g/mol. The molecule has 1 aromatic heterocycles. The average molecular weight is 280 g/mol. The fourth-order valence-corrected chi connectivity index (χ4v) is 3.23. The summed E-state index contributed by atoms with van der Waals surface area (Å²) in [5.74, 6) is 5.81. The van der Waals surface area contributed by atoms with Gasteiger partial charge in [0.15, 0.2) is 0 Å². The van der Waals surface area contributed by atoms with Crippen LogP contribution in [-0.4, -0.2) is 11.0 Å². The summed E-state index contributed by atoms with van der Waals surface area (Å²) in [6.07, 6.45) is 0. The van der Waals surface area contributed by atoms with Crippen LogP contribution in [0.15, 0.2) is 40.6 Å². The normalized spacial score (nSPS) is 10.3. The third kappa shape index (κ3) is 3.04. The number of hydrogen-bond donors (Lipinski definition) is 3. The second-order valence-corrected chi connectivity index (χ2v) is 5.50. The van der Waals surface area contributed by atoms with Crippen molar-refractivity contribution in [2.45, 2.75) is 10.6 Å². The number of rotatable bonds is 4.